The summed E-state index contributed by atoms with van der Waals surface area (Å²) in [6.07, 6.45) is 3.07. The van der Waals surface area contributed by atoms with Crippen molar-refractivity contribution in [3.8, 4) is 0 Å². The highest BCUT2D eigenvalue weighted by atomic mass is 19.3. The summed E-state index contributed by atoms with van der Waals surface area (Å²) in [5.41, 5.74) is -4.02. The molecule has 162 valence electrons. The second-order valence-electron chi connectivity index (χ2n) is 6.70. The fraction of sp³-hybridized carbons (Fsp3) is 0.150. The van der Waals surface area contributed by atoms with Gasteiger partial charge >= 0.3 is 5.92 Å². The van der Waals surface area contributed by atoms with Crippen LogP contribution in [0.4, 0.5) is 17.6 Å². The number of benzene rings is 2. The van der Waals surface area contributed by atoms with Gasteiger partial charge < -0.3 is 10.9 Å². The van der Waals surface area contributed by atoms with Crippen LogP contribution in [0.25, 0.3) is 17.1 Å². The van der Waals surface area contributed by atoms with Crippen LogP contribution >= 0.6 is 0 Å². The fourth-order valence-electron chi connectivity index (χ4n) is 3.09. The molecule has 3 aromatic rings. The minimum atomic E-state index is -4.22. The van der Waals surface area contributed by atoms with Gasteiger partial charge in [0.2, 0.25) is 0 Å². The number of nitrogens with two attached hydrogens (primary N) is 2. The van der Waals surface area contributed by atoms with E-state index in [1.807, 2.05) is 0 Å². The first kappa shape index (κ1) is 22.1. The predicted octanol–water partition coefficient (Wildman–Crippen LogP) is 2.61. The Balaban J connectivity index is 2.18. The summed E-state index contributed by atoms with van der Waals surface area (Å²) in [6.45, 7) is 2.56. The molecule has 1 atom stereocenters. The second kappa shape index (κ2) is 8.28. The van der Waals surface area contributed by atoms with Crippen molar-refractivity contribution >= 4 is 23.4 Å². The van der Waals surface area contributed by atoms with Gasteiger partial charge in [-0.2, -0.15) is 13.9 Å². The highest BCUT2D eigenvalue weighted by Crippen LogP contribution is 2.46. The minimum absolute atomic E-state index is 0.109. The lowest BCUT2D eigenvalue weighted by Gasteiger charge is -2.37. The number of alkyl halides is 2. The standard InChI is InChI=1S/C20H18F4N6O/c1-2-12-3-6-16-17(7-12)27-9-18(29-16)20(23,24)19(31,10-30(26)11-28-25)14-5-4-13(21)8-15(14)22/h2-9,11,31H,1,10,25-26H2/b28-11-. The van der Waals surface area contributed by atoms with E-state index in [9.17, 15) is 13.9 Å². The van der Waals surface area contributed by atoms with E-state index in [0.717, 1.165) is 18.6 Å². The van der Waals surface area contributed by atoms with Crippen molar-refractivity contribution in [1.82, 2.24) is 15.0 Å². The van der Waals surface area contributed by atoms with E-state index in [-0.39, 0.29) is 5.52 Å². The molecule has 0 saturated carbocycles. The molecule has 0 fully saturated rings. The number of fused-ring (bicyclic) bond motifs is 1. The zero-order valence-electron chi connectivity index (χ0n) is 16.0. The van der Waals surface area contributed by atoms with Crippen LogP contribution in [0.3, 0.4) is 0 Å². The Bertz CT molecular complexity index is 1160. The lowest BCUT2D eigenvalue weighted by molar-refractivity contribution is -0.203. The molecule has 1 heterocycles. The average molecular weight is 434 g/mol. The van der Waals surface area contributed by atoms with E-state index >= 15 is 8.78 Å². The van der Waals surface area contributed by atoms with Gasteiger partial charge in [0.05, 0.1) is 23.8 Å². The predicted molar refractivity (Wildman–Crippen MR) is 107 cm³/mol. The highest BCUT2D eigenvalue weighted by Gasteiger charge is 2.58. The number of hydrazone groups is 1. The molecular weight excluding hydrogens is 416 g/mol. The van der Waals surface area contributed by atoms with Gasteiger partial charge in [0, 0.05) is 11.6 Å². The fourth-order valence-corrected chi connectivity index (χ4v) is 3.09. The van der Waals surface area contributed by atoms with Crippen LogP contribution in [-0.4, -0.2) is 33.0 Å². The van der Waals surface area contributed by atoms with Crippen LogP contribution in [0.2, 0.25) is 0 Å². The van der Waals surface area contributed by atoms with Crippen molar-refractivity contribution in [3.63, 3.8) is 0 Å². The Labute approximate surface area is 174 Å². The Hall–Kier alpha value is -3.57. The van der Waals surface area contributed by atoms with Crippen molar-refractivity contribution in [2.24, 2.45) is 16.8 Å². The molecule has 5 N–H and O–H groups in total. The van der Waals surface area contributed by atoms with Crippen molar-refractivity contribution < 1.29 is 22.7 Å². The first-order valence-electron chi connectivity index (χ1n) is 8.82. The number of halogens is 4. The van der Waals surface area contributed by atoms with Crippen molar-refractivity contribution in [1.29, 1.82) is 0 Å². The molecule has 0 aliphatic heterocycles. The molecule has 31 heavy (non-hydrogen) atoms. The summed E-state index contributed by atoms with van der Waals surface area (Å²) >= 11 is 0. The van der Waals surface area contributed by atoms with E-state index in [4.69, 9.17) is 11.7 Å². The quantitative estimate of drug-likeness (QED) is 0.173. The van der Waals surface area contributed by atoms with Crippen LogP contribution in [0.5, 0.6) is 0 Å². The maximum absolute atomic E-state index is 15.7. The van der Waals surface area contributed by atoms with Crippen LogP contribution in [-0.2, 0) is 11.5 Å². The van der Waals surface area contributed by atoms with E-state index in [1.54, 1.807) is 18.2 Å². The molecule has 3 rings (SSSR count). The van der Waals surface area contributed by atoms with E-state index < -0.39 is 41.0 Å². The number of hydrazine groups is 1. The molecule has 1 unspecified atom stereocenters. The average Bonchev–Trinajstić information content (AvgIpc) is 2.72. The number of hydrogen-bond acceptors (Lipinski definition) is 6. The molecule has 0 aliphatic carbocycles. The van der Waals surface area contributed by atoms with E-state index in [0.29, 0.717) is 28.2 Å². The molecule has 1 aromatic heterocycles. The van der Waals surface area contributed by atoms with Gasteiger partial charge in [0.15, 0.2) is 5.60 Å². The van der Waals surface area contributed by atoms with Gasteiger partial charge in [-0.15, -0.1) is 0 Å². The van der Waals surface area contributed by atoms with E-state index in [2.05, 4.69) is 21.6 Å². The number of nitrogens with zero attached hydrogens (tertiary/aromatic N) is 4. The molecule has 7 nitrogen and oxygen atoms in total. The zero-order valence-corrected chi connectivity index (χ0v) is 16.0. The molecule has 0 amide bonds. The molecule has 0 spiro atoms. The smallest absolute Gasteiger partial charge is 0.325 e. The van der Waals surface area contributed by atoms with Crippen molar-refractivity contribution in [2.75, 3.05) is 6.54 Å². The van der Waals surface area contributed by atoms with Crippen LogP contribution in [0.15, 0.2) is 54.3 Å². The molecule has 0 saturated heterocycles. The van der Waals surface area contributed by atoms with Gasteiger partial charge in [-0.25, -0.2) is 19.6 Å². The SMILES string of the molecule is C=Cc1ccc2nc(C(F)(F)C(O)(CN(N)/C=N\N)c3ccc(F)cc3F)cnc2c1. The summed E-state index contributed by atoms with van der Waals surface area (Å²) in [5, 5.41) is 14.7. The Morgan fingerprint density at radius 1 is 1.16 bits per heavy atom. The summed E-state index contributed by atoms with van der Waals surface area (Å²) < 4.78 is 59.1. The van der Waals surface area contributed by atoms with E-state index in [1.165, 1.54) is 6.07 Å². The van der Waals surface area contributed by atoms with Gasteiger partial charge in [-0.3, -0.25) is 9.99 Å². The maximum atomic E-state index is 15.7. The van der Waals surface area contributed by atoms with Crippen molar-refractivity contribution in [2.45, 2.75) is 11.5 Å². The van der Waals surface area contributed by atoms with Gasteiger partial charge in [0.1, 0.15) is 23.7 Å². The van der Waals surface area contributed by atoms with Crippen LogP contribution in [0.1, 0.15) is 16.8 Å². The minimum Gasteiger partial charge on any atom is -0.377 e. The molecule has 2 aromatic carbocycles. The first-order chi connectivity index (χ1) is 14.6. The first-order valence-corrected chi connectivity index (χ1v) is 8.82. The lowest BCUT2D eigenvalue weighted by atomic mass is 9.84. The summed E-state index contributed by atoms with van der Waals surface area (Å²) in [4.78, 5) is 7.86. The number of hydrogen-bond donors (Lipinski definition) is 3. The monoisotopic (exact) mass is 434 g/mol. The van der Waals surface area contributed by atoms with Crippen molar-refractivity contribution in [3.05, 3.63) is 77.6 Å². The Morgan fingerprint density at radius 3 is 2.55 bits per heavy atom. The third-order valence-electron chi connectivity index (χ3n) is 4.65. The molecule has 0 bridgehead atoms. The summed E-state index contributed by atoms with van der Waals surface area (Å²) in [6, 6.07) is 6.44. The third kappa shape index (κ3) is 4.05. The highest BCUT2D eigenvalue weighted by molar-refractivity contribution is 5.77. The molecular formula is C20H18F4N6O. The van der Waals surface area contributed by atoms with Gasteiger partial charge in [0.25, 0.3) is 0 Å². The zero-order chi connectivity index (χ0) is 22.8. The number of aliphatic hydroxyl groups is 1. The Kier molecular flexibility index (Phi) is 5.91. The topological polar surface area (TPSA) is 114 Å². The maximum Gasteiger partial charge on any atom is 0.325 e. The molecule has 11 heteroatoms. The summed E-state index contributed by atoms with van der Waals surface area (Å²) in [7, 11) is 0. The lowest BCUT2D eigenvalue weighted by Crippen LogP contribution is -2.54. The summed E-state index contributed by atoms with van der Waals surface area (Å²) in [5.74, 6) is 3.89. The molecule has 0 aliphatic rings. The second-order valence-corrected chi connectivity index (χ2v) is 6.70. The largest absolute Gasteiger partial charge is 0.377 e. The molecule has 0 radical (unpaired) electrons. The number of aromatic nitrogens is 2. The Morgan fingerprint density at radius 2 is 1.90 bits per heavy atom. The third-order valence-corrected chi connectivity index (χ3v) is 4.65. The number of rotatable bonds is 7. The normalized spacial score (nSPS) is 14.0. The van der Waals surface area contributed by atoms with Crippen LogP contribution < -0.4 is 11.7 Å². The van der Waals surface area contributed by atoms with Gasteiger partial charge in [-0.05, 0) is 29.8 Å². The van der Waals surface area contributed by atoms with Crippen LogP contribution in [0, 0.1) is 11.6 Å². The van der Waals surface area contributed by atoms with Gasteiger partial charge in [-0.1, -0.05) is 18.7 Å².